The molecule has 8 heteroatoms. The van der Waals surface area contributed by atoms with Crippen molar-refractivity contribution in [3.63, 3.8) is 0 Å². The lowest BCUT2D eigenvalue weighted by molar-refractivity contribution is -0.297. The molecular formula is C30H52O8. The average molecular weight is 541 g/mol. The van der Waals surface area contributed by atoms with Crippen LogP contribution in [0.1, 0.15) is 107 Å². The molecule has 0 amide bonds. The molecule has 8 nitrogen and oxygen atoms in total. The lowest BCUT2D eigenvalue weighted by atomic mass is 9.89. The van der Waals surface area contributed by atoms with Crippen molar-refractivity contribution in [2.24, 2.45) is 0 Å². The Morgan fingerprint density at radius 2 is 1.16 bits per heavy atom. The van der Waals surface area contributed by atoms with Gasteiger partial charge in [-0.3, -0.25) is 5.26 Å². The van der Waals surface area contributed by atoms with Crippen LogP contribution in [0.15, 0.2) is 24.3 Å². The van der Waals surface area contributed by atoms with Gasteiger partial charge in [0.15, 0.2) is 0 Å². The highest BCUT2D eigenvalue weighted by molar-refractivity contribution is 5.07. The SMILES string of the molecule is CC(C)(O)/C=C/C[C@@](C)(O)[C@@H]1CC[C@](C)([C@@H]2CC[C@@H]([C@@]3(C)CC[C@@H]([C@](C)(O)C/C=C/C(C)(C)OO)O3)O2)O1. The predicted molar refractivity (Wildman–Crippen MR) is 146 cm³/mol. The van der Waals surface area contributed by atoms with Gasteiger partial charge in [0, 0.05) is 0 Å². The van der Waals surface area contributed by atoms with E-state index in [2.05, 4.69) is 18.7 Å². The Morgan fingerprint density at radius 1 is 0.737 bits per heavy atom. The third-order valence-corrected chi connectivity index (χ3v) is 8.74. The zero-order valence-corrected chi connectivity index (χ0v) is 24.7. The number of aliphatic hydroxyl groups is 3. The van der Waals surface area contributed by atoms with E-state index in [1.807, 2.05) is 12.2 Å². The molecule has 0 radical (unpaired) electrons. The fourth-order valence-electron chi connectivity index (χ4n) is 6.07. The second kappa shape index (κ2) is 11.2. The molecule has 8 atom stereocenters. The molecule has 0 aromatic carbocycles. The van der Waals surface area contributed by atoms with Gasteiger partial charge in [0.25, 0.3) is 0 Å². The zero-order chi connectivity index (χ0) is 28.6. The number of rotatable bonds is 11. The second-order valence-corrected chi connectivity index (χ2v) is 13.9. The normalized spacial score (nSPS) is 38.3. The van der Waals surface area contributed by atoms with E-state index in [1.54, 1.807) is 53.7 Å². The van der Waals surface area contributed by atoms with Gasteiger partial charge in [-0.2, -0.15) is 0 Å². The Bertz CT molecular complexity index is 857. The van der Waals surface area contributed by atoms with Crippen molar-refractivity contribution in [2.75, 3.05) is 0 Å². The van der Waals surface area contributed by atoms with Crippen molar-refractivity contribution >= 4 is 0 Å². The van der Waals surface area contributed by atoms with Gasteiger partial charge in [-0.25, -0.2) is 4.89 Å². The average Bonchev–Trinajstić information content (AvgIpc) is 3.52. The van der Waals surface area contributed by atoms with E-state index in [9.17, 15) is 15.3 Å². The molecule has 3 aliphatic heterocycles. The van der Waals surface area contributed by atoms with Crippen LogP contribution in [0.2, 0.25) is 0 Å². The van der Waals surface area contributed by atoms with Crippen LogP contribution >= 0.6 is 0 Å². The lowest BCUT2D eigenvalue weighted by Gasteiger charge is -2.38. The Hall–Kier alpha value is -0.840. The third kappa shape index (κ3) is 7.67. The first kappa shape index (κ1) is 31.7. The van der Waals surface area contributed by atoms with Crippen LogP contribution in [0.4, 0.5) is 0 Å². The summed E-state index contributed by atoms with van der Waals surface area (Å²) in [4.78, 5) is 4.44. The van der Waals surface area contributed by atoms with E-state index in [1.165, 1.54) is 0 Å². The first-order valence-electron chi connectivity index (χ1n) is 14.2. The monoisotopic (exact) mass is 540 g/mol. The van der Waals surface area contributed by atoms with Gasteiger partial charge in [-0.05, 0) is 107 Å². The van der Waals surface area contributed by atoms with Crippen LogP contribution < -0.4 is 0 Å². The van der Waals surface area contributed by atoms with Crippen LogP contribution in [0.25, 0.3) is 0 Å². The highest BCUT2D eigenvalue weighted by atomic mass is 17.1. The van der Waals surface area contributed by atoms with Crippen molar-refractivity contribution in [1.82, 2.24) is 0 Å². The first-order chi connectivity index (χ1) is 17.3. The molecule has 3 aliphatic rings. The molecular weight excluding hydrogens is 488 g/mol. The van der Waals surface area contributed by atoms with Gasteiger partial charge in [0.2, 0.25) is 0 Å². The molecule has 0 spiro atoms. The van der Waals surface area contributed by atoms with Crippen molar-refractivity contribution in [2.45, 2.75) is 165 Å². The van der Waals surface area contributed by atoms with E-state index >= 15 is 0 Å². The summed E-state index contributed by atoms with van der Waals surface area (Å²) in [5.41, 5.74) is -4.81. The van der Waals surface area contributed by atoms with Crippen LogP contribution in [-0.2, 0) is 19.1 Å². The summed E-state index contributed by atoms with van der Waals surface area (Å²) in [6, 6.07) is 0. The quantitative estimate of drug-likeness (QED) is 0.167. The number of hydrogen-bond acceptors (Lipinski definition) is 8. The minimum atomic E-state index is -1.06. The summed E-state index contributed by atoms with van der Waals surface area (Å²) in [6.07, 6.45) is 11.8. The minimum Gasteiger partial charge on any atom is -0.387 e. The molecule has 38 heavy (non-hydrogen) atoms. The summed E-state index contributed by atoms with van der Waals surface area (Å²) in [5, 5.41) is 41.2. The highest BCUT2D eigenvalue weighted by Gasteiger charge is 2.55. The van der Waals surface area contributed by atoms with Gasteiger partial charge in [-0.1, -0.05) is 24.3 Å². The standard InChI is InChI=1S/C30H52O8/c1-25(2,31)15-9-17-27(5,32)21-13-19-29(7,36-21)23-11-12-24(35-23)30(8)20-14-22(37-30)28(6,33)18-10-16-26(3,4)38-34/h9-10,15-16,21-24,31-34H,11-14,17-20H2,1-8H3/b15-9+,16-10+/t21-,22-,23-,24-,27+,28+,29+,30+/m0/s1. The molecule has 0 aliphatic carbocycles. The van der Waals surface area contributed by atoms with E-state index in [0.29, 0.717) is 12.8 Å². The Kier molecular flexibility index (Phi) is 9.34. The predicted octanol–water partition coefficient (Wildman–Crippen LogP) is 4.84. The van der Waals surface area contributed by atoms with Crippen molar-refractivity contribution in [3.8, 4) is 0 Å². The van der Waals surface area contributed by atoms with Gasteiger partial charge in [-0.15, -0.1) is 0 Å². The fourth-order valence-corrected chi connectivity index (χ4v) is 6.07. The van der Waals surface area contributed by atoms with Crippen LogP contribution in [0.5, 0.6) is 0 Å². The molecule has 0 aromatic heterocycles. The number of ether oxygens (including phenoxy) is 3. The summed E-state index contributed by atoms with van der Waals surface area (Å²) >= 11 is 0. The maximum atomic E-state index is 11.2. The van der Waals surface area contributed by atoms with Gasteiger partial charge >= 0.3 is 0 Å². The summed E-state index contributed by atoms with van der Waals surface area (Å²) < 4.78 is 19.6. The Labute approximate surface area is 228 Å². The van der Waals surface area contributed by atoms with Crippen molar-refractivity contribution in [3.05, 3.63) is 24.3 Å². The molecule has 3 rings (SSSR count). The smallest absolute Gasteiger partial charge is 0.116 e. The molecule has 220 valence electrons. The van der Waals surface area contributed by atoms with Crippen LogP contribution in [-0.4, -0.2) is 78.6 Å². The molecule has 4 N–H and O–H groups in total. The van der Waals surface area contributed by atoms with Crippen molar-refractivity contribution < 1.29 is 39.7 Å². The van der Waals surface area contributed by atoms with E-state index < -0.39 is 33.6 Å². The molecule has 3 saturated heterocycles. The largest absolute Gasteiger partial charge is 0.387 e. The topological polar surface area (TPSA) is 118 Å². The second-order valence-electron chi connectivity index (χ2n) is 13.9. The van der Waals surface area contributed by atoms with E-state index in [0.717, 1.165) is 38.5 Å². The Morgan fingerprint density at radius 3 is 1.55 bits per heavy atom. The maximum Gasteiger partial charge on any atom is 0.116 e. The van der Waals surface area contributed by atoms with Gasteiger partial charge in [0.05, 0.1) is 52.4 Å². The minimum absolute atomic E-state index is 0.0937. The summed E-state index contributed by atoms with van der Waals surface area (Å²) in [5.74, 6) is 0. The first-order valence-corrected chi connectivity index (χ1v) is 14.2. The zero-order valence-electron chi connectivity index (χ0n) is 24.7. The molecule has 0 unspecified atom stereocenters. The highest BCUT2D eigenvalue weighted by Crippen LogP contribution is 2.48. The number of hydrogen-bond donors (Lipinski definition) is 4. The molecule has 0 saturated carbocycles. The van der Waals surface area contributed by atoms with E-state index in [4.69, 9.17) is 19.5 Å². The van der Waals surface area contributed by atoms with Gasteiger partial charge in [0.1, 0.15) is 5.60 Å². The molecule has 0 aromatic rings. The maximum absolute atomic E-state index is 11.2. The van der Waals surface area contributed by atoms with Crippen molar-refractivity contribution in [1.29, 1.82) is 0 Å². The molecule has 0 bridgehead atoms. The van der Waals surface area contributed by atoms with E-state index in [-0.39, 0.29) is 24.4 Å². The fraction of sp³-hybridized carbons (Fsp3) is 0.867. The van der Waals surface area contributed by atoms with Gasteiger partial charge < -0.3 is 29.5 Å². The summed E-state index contributed by atoms with van der Waals surface area (Å²) in [7, 11) is 0. The Balaban J connectivity index is 1.57. The third-order valence-electron chi connectivity index (χ3n) is 8.74. The van der Waals surface area contributed by atoms with Crippen LogP contribution in [0, 0.1) is 0 Å². The van der Waals surface area contributed by atoms with Crippen LogP contribution in [0.3, 0.4) is 0 Å². The molecule has 3 fully saturated rings. The molecule has 3 heterocycles. The summed E-state index contributed by atoms with van der Waals surface area (Å²) in [6.45, 7) is 14.6. The lowest BCUT2D eigenvalue weighted by Crippen LogP contribution is -2.47.